The Morgan fingerprint density at radius 2 is 1.62 bits per heavy atom. The number of alkyl carbamates (subject to hydrolysis) is 1. The van der Waals surface area contributed by atoms with Gasteiger partial charge in [0.2, 0.25) is 27.8 Å². The summed E-state index contributed by atoms with van der Waals surface area (Å²) in [4.78, 5) is 61.4. The highest BCUT2D eigenvalue weighted by atomic mass is 35.5. The molecule has 0 aliphatic carbocycles. The Balaban J connectivity index is 1.13. The van der Waals surface area contributed by atoms with Crippen LogP contribution in [0.5, 0.6) is 5.75 Å². The number of ether oxygens (including phenoxy) is 3. The number of piperidine rings is 1. The predicted octanol–water partition coefficient (Wildman–Crippen LogP) is 6.87. The maximum atomic E-state index is 14.1. The average Bonchev–Trinajstić information content (AvgIpc) is 3.67. The number of nitrogens with zero attached hydrogens (tertiary/aromatic N) is 4. The molecule has 0 spiro atoms. The topological polar surface area (TPSA) is 198 Å². The van der Waals surface area contributed by atoms with Gasteiger partial charge in [-0.15, -0.1) is 4.99 Å². The molecule has 16 nitrogen and oxygen atoms in total. The molecule has 0 radical (unpaired) electrons. The molecule has 2 fully saturated rings. The zero-order chi connectivity index (χ0) is 44.7. The van der Waals surface area contributed by atoms with Crippen LogP contribution in [0.15, 0.2) is 52.4 Å². The van der Waals surface area contributed by atoms with E-state index >= 15 is 0 Å². The number of halogens is 2. The smallest absolute Gasteiger partial charge is 0.437 e. The predicted molar refractivity (Wildman–Crippen MR) is 232 cm³/mol. The van der Waals surface area contributed by atoms with Crippen LogP contribution in [0.2, 0.25) is 10.0 Å². The van der Waals surface area contributed by atoms with Gasteiger partial charge in [-0.05, 0) is 105 Å². The first-order valence-corrected chi connectivity index (χ1v) is 22.4. The molecular weight excluding hydrogens is 849 g/mol. The summed E-state index contributed by atoms with van der Waals surface area (Å²) in [5.41, 5.74) is 0.171. The zero-order valence-electron chi connectivity index (χ0n) is 35.6. The fourth-order valence-electron chi connectivity index (χ4n) is 6.87. The molecule has 1 atom stereocenters. The molecule has 2 aromatic carbocycles. The molecular formula is C42H55Cl2N7O9S. The molecule has 61 heavy (non-hydrogen) atoms. The number of aryl methyl sites for hydroxylation is 1. The summed E-state index contributed by atoms with van der Waals surface area (Å²) in [6.45, 7) is 13.1. The fourth-order valence-corrected chi connectivity index (χ4v) is 9.39. The Kier molecular flexibility index (Phi) is 15.5. The van der Waals surface area contributed by atoms with Gasteiger partial charge < -0.3 is 29.7 Å². The highest BCUT2D eigenvalue weighted by molar-refractivity contribution is 7.89. The number of rotatable bonds is 11. The Morgan fingerprint density at radius 3 is 2.31 bits per heavy atom. The van der Waals surface area contributed by atoms with Crippen LogP contribution in [-0.4, -0.2) is 102 Å². The maximum Gasteiger partial charge on any atom is 0.437 e. The third-order valence-electron chi connectivity index (χ3n) is 9.71. The summed E-state index contributed by atoms with van der Waals surface area (Å²) in [5.74, 6) is -0.182. The minimum Gasteiger partial charge on any atom is -0.487 e. The van der Waals surface area contributed by atoms with E-state index in [-0.39, 0.29) is 59.0 Å². The normalized spacial score (nSPS) is 16.9. The summed E-state index contributed by atoms with van der Waals surface area (Å²) in [7, 11) is -4.23. The number of benzene rings is 2. The monoisotopic (exact) mass is 903 g/mol. The number of likely N-dealkylation sites (tertiary alicyclic amines) is 1. The number of nitrogens with one attached hydrogen (secondary N) is 3. The van der Waals surface area contributed by atoms with E-state index in [1.165, 1.54) is 16.4 Å². The van der Waals surface area contributed by atoms with Gasteiger partial charge in [0.25, 0.3) is 0 Å². The number of hydrogen-bond acceptors (Lipinski definition) is 10. The van der Waals surface area contributed by atoms with Crippen LogP contribution >= 0.6 is 23.2 Å². The van der Waals surface area contributed by atoms with E-state index in [9.17, 15) is 27.6 Å². The number of aromatic nitrogens is 1. The molecule has 3 N–H and O–H groups in total. The van der Waals surface area contributed by atoms with Gasteiger partial charge in [0.05, 0.1) is 5.02 Å². The number of hydrogen-bond donors (Lipinski definition) is 3. The van der Waals surface area contributed by atoms with Crippen molar-refractivity contribution in [2.45, 2.75) is 122 Å². The lowest BCUT2D eigenvalue weighted by molar-refractivity contribution is -0.132. The van der Waals surface area contributed by atoms with Crippen LogP contribution in [-0.2, 0) is 35.7 Å². The van der Waals surface area contributed by atoms with Crippen molar-refractivity contribution >= 4 is 74.1 Å². The number of fused-ring (bicyclic) bond motifs is 1. The Labute approximate surface area is 367 Å². The first kappa shape index (κ1) is 47.3. The number of carbonyl (C=O) groups is 4. The van der Waals surface area contributed by atoms with E-state index in [1.807, 2.05) is 31.2 Å². The van der Waals surface area contributed by atoms with E-state index < -0.39 is 45.4 Å². The largest absolute Gasteiger partial charge is 0.487 e. The highest BCUT2D eigenvalue weighted by Gasteiger charge is 2.41. The van der Waals surface area contributed by atoms with Crippen molar-refractivity contribution in [1.29, 1.82) is 0 Å². The van der Waals surface area contributed by atoms with Crippen molar-refractivity contribution < 1.29 is 41.8 Å². The summed E-state index contributed by atoms with van der Waals surface area (Å²) >= 11 is 13.3. The number of carbonyl (C=O) groups excluding carboxylic acids is 4. The highest BCUT2D eigenvalue weighted by Crippen LogP contribution is 2.36. The summed E-state index contributed by atoms with van der Waals surface area (Å²) in [6.07, 6.45) is 0.599. The molecule has 0 unspecified atom stereocenters. The second kappa shape index (κ2) is 20.0. The lowest BCUT2D eigenvalue weighted by atomic mass is 10.0. The van der Waals surface area contributed by atoms with Gasteiger partial charge in [0.1, 0.15) is 40.0 Å². The number of para-hydroxylation sites is 1. The van der Waals surface area contributed by atoms with Crippen LogP contribution in [0.25, 0.3) is 10.9 Å². The van der Waals surface area contributed by atoms with Gasteiger partial charge in [-0.25, -0.2) is 23.0 Å². The van der Waals surface area contributed by atoms with E-state index in [1.54, 1.807) is 52.5 Å². The van der Waals surface area contributed by atoms with Crippen LogP contribution < -0.4 is 20.7 Å². The Hall–Kier alpha value is -4.71. The standard InChI is InChI=1S/C42H55Cl2N7O9S/c1-26-15-16-27-11-8-13-32(36(27)46-26)58-25-29-30(43)17-18-33(35(29)44)61(56,57)51-22-10-12-31(51)37(53)47-28-19-23-50(24-20-28)34(52)14-9-21-45-38(48-39(54)59-41(2,3)4)49-40(55)60-42(5,6)7/h8,11,13,15-18,28,31H,9-10,12,14,19-25H2,1-7H3,(H,47,53)(H2,45,48,49,54,55)/t31-/m0/s1. The van der Waals surface area contributed by atoms with Gasteiger partial charge in [0, 0.05) is 60.3 Å². The molecule has 19 heteroatoms. The number of aliphatic imine (C=N–C) groups is 1. The fraction of sp³-hybridized carbons (Fsp3) is 0.524. The Morgan fingerprint density at radius 1 is 0.918 bits per heavy atom. The maximum absolute atomic E-state index is 14.1. The van der Waals surface area contributed by atoms with Gasteiger partial charge >= 0.3 is 12.2 Å². The third kappa shape index (κ3) is 13.1. The number of pyridine rings is 1. The van der Waals surface area contributed by atoms with Crippen molar-refractivity contribution in [2.24, 2.45) is 4.99 Å². The molecule has 2 aliphatic rings. The second-order valence-electron chi connectivity index (χ2n) is 16.9. The van der Waals surface area contributed by atoms with E-state index in [0.29, 0.717) is 62.0 Å². The summed E-state index contributed by atoms with van der Waals surface area (Å²) in [5, 5.41) is 9.34. The summed E-state index contributed by atoms with van der Waals surface area (Å²) < 4.78 is 46.1. The lowest BCUT2D eigenvalue weighted by Crippen LogP contribution is -2.52. The number of guanidine groups is 1. The summed E-state index contributed by atoms with van der Waals surface area (Å²) in [6, 6.07) is 11.0. The van der Waals surface area contributed by atoms with Gasteiger partial charge in [-0.3, -0.25) is 14.9 Å². The third-order valence-corrected chi connectivity index (χ3v) is 12.6. The molecule has 0 bridgehead atoms. The first-order chi connectivity index (χ1) is 28.6. The molecule has 4 amide bonds. The van der Waals surface area contributed by atoms with E-state index in [4.69, 9.17) is 37.4 Å². The minimum atomic E-state index is -4.23. The molecule has 1 aromatic heterocycles. The van der Waals surface area contributed by atoms with Crippen molar-refractivity contribution in [2.75, 3.05) is 26.2 Å². The number of sulfonamides is 1. The minimum absolute atomic E-state index is 0.0809. The quantitative estimate of drug-likeness (QED) is 0.103. The van der Waals surface area contributed by atoms with Crippen LogP contribution in [0.1, 0.15) is 91.3 Å². The molecule has 2 saturated heterocycles. The average molecular weight is 905 g/mol. The van der Waals surface area contributed by atoms with E-state index in [2.05, 4.69) is 25.9 Å². The molecule has 3 heterocycles. The van der Waals surface area contributed by atoms with Gasteiger partial charge in [0.15, 0.2) is 0 Å². The SMILES string of the molecule is Cc1ccc2cccc(OCc3c(Cl)ccc(S(=O)(=O)N4CCC[C@H]4C(=O)NC4CCN(C(=O)CCCN/C(=N\C(=O)OC(C)(C)C)NC(=O)OC(C)(C)C)CC4)c3Cl)c2n1. The lowest BCUT2D eigenvalue weighted by Gasteiger charge is -2.33. The van der Waals surface area contributed by atoms with Crippen LogP contribution in [0.4, 0.5) is 9.59 Å². The molecule has 5 rings (SSSR count). The Bertz CT molecular complexity index is 2250. The van der Waals surface area contributed by atoms with Crippen molar-refractivity contribution in [1.82, 2.24) is 30.1 Å². The van der Waals surface area contributed by atoms with Crippen LogP contribution in [0.3, 0.4) is 0 Å². The van der Waals surface area contributed by atoms with Crippen LogP contribution in [0, 0.1) is 6.92 Å². The molecule has 3 aromatic rings. The van der Waals surface area contributed by atoms with Crippen molar-refractivity contribution in [3.05, 3.63) is 63.8 Å². The van der Waals surface area contributed by atoms with Crippen molar-refractivity contribution in [3.8, 4) is 5.75 Å². The molecule has 332 valence electrons. The van der Waals surface area contributed by atoms with E-state index in [0.717, 1.165) is 11.1 Å². The van der Waals surface area contributed by atoms with Gasteiger partial charge in [-0.1, -0.05) is 41.4 Å². The zero-order valence-corrected chi connectivity index (χ0v) is 37.9. The van der Waals surface area contributed by atoms with Gasteiger partial charge in [-0.2, -0.15) is 4.31 Å². The number of amides is 4. The second-order valence-corrected chi connectivity index (χ2v) is 19.6. The molecule has 2 aliphatic heterocycles. The first-order valence-electron chi connectivity index (χ1n) is 20.2. The van der Waals surface area contributed by atoms with Crippen molar-refractivity contribution in [3.63, 3.8) is 0 Å². The molecule has 0 saturated carbocycles.